The Morgan fingerprint density at radius 1 is 1.67 bits per heavy atom. The van der Waals surface area contributed by atoms with Gasteiger partial charge in [0.2, 0.25) is 0 Å². The number of alkyl halides is 1. The first kappa shape index (κ1) is 6.47. The zero-order valence-electron chi connectivity index (χ0n) is 3.41. The summed E-state index contributed by atoms with van der Waals surface area (Å²) in [6.45, 7) is 0.695. The molecule has 0 aliphatic carbocycles. The van der Waals surface area contributed by atoms with Crippen molar-refractivity contribution in [2.75, 3.05) is 12.7 Å². The fourth-order valence-corrected chi connectivity index (χ4v) is 0.380. The van der Waals surface area contributed by atoms with Gasteiger partial charge in [-0.15, -0.1) is 0 Å². The van der Waals surface area contributed by atoms with Crippen LogP contribution < -0.4 is 0 Å². The largest absolute Gasteiger partial charge is 0.366 e. The van der Waals surface area contributed by atoms with E-state index < -0.39 is 0 Å². The molecule has 0 atom stereocenters. The van der Waals surface area contributed by atoms with Crippen molar-refractivity contribution >= 4 is 21.8 Å². The minimum absolute atomic E-state index is 0.296. The van der Waals surface area contributed by atoms with Gasteiger partial charge in [0.05, 0.1) is 0 Å². The van der Waals surface area contributed by atoms with Crippen LogP contribution in [0.25, 0.3) is 0 Å². The van der Waals surface area contributed by atoms with Gasteiger partial charge in [0.1, 0.15) is 6.07 Å². The summed E-state index contributed by atoms with van der Waals surface area (Å²) in [6, 6.07) is 1.15. The van der Waals surface area contributed by atoms with Gasteiger partial charge in [0, 0.05) is 16.8 Å². The Bertz CT molecular complexity index is 22.8. The quantitative estimate of drug-likeness (QED) is 0.305. The van der Waals surface area contributed by atoms with E-state index in [1.807, 2.05) is 0 Å². The predicted octanol–water partition coefficient (Wildman–Crippen LogP) is 0.786. The van der Waals surface area contributed by atoms with Crippen LogP contribution in [0, 0.1) is 0 Å². The van der Waals surface area contributed by atoms with E-state index in [0.717, 1.165) is 6.04 Å². The molecule has 3 radical (unpaired) electrons. The van der Waals surface area contributed by atoms with Crippen molar-refractivity contribution in [1.29, 1.82) is 0 Å². The molecule has 0 aliphatic rings. The standard InChI is InChI=1S/C3H6ClOSi/c4-3-5-1-2-6/h1-3H2. The molecule has 1 nitrogen and oxygen atoms in total. The summed E-state index contributed by atoms with van der Waals surface area (Å²) in [5, 5.41) is 0. The van der Waals surface area contributed by atoms with Gasteiger partial charge < -0.3 is 4.74 Å². The highest BCUT2D eigenvalue weighted by atomic mass is 35.5. The normalized spacial score (nSPS) is 9.00. The van der Waals surface area contributed by atoms with E-state index in [1.54, 1.807) is 0 Å². The molecule has 0 saturated heterocycles. The third-order valence-corrected chi connectivity index (χ3v) is 0.682. The molecule has 0 amide bonds. The summed E-state index contributed by atoms with van der Waals surface area (Å²) in [5.74, 6) is 0. The molecular formula is C3H6ClOSi. The monoisotopic (exact) mass is 121 g/mol. The third-order valence-electron chi connectivity index (χ3n) is 0.324. The molecule has 0 heterocycles. The van der Waals surface area contributed by atoms with Crippen molar-refractivity contribution in [3.8, 4) is 0 Å². The molecule has 0 spiro atoms. The molecule has 3 heteroatoms. The van der Waals surface area contributed by atoms with E-state index in [0.29, 0.717) is 12.7 Å². The van der Waals surface area contributed by atoms with Gasteiger partial charge in [-0.3, -0.25) is 0 Å². The number of rotatable bonds is 3. The molecule has 0 aromatic rings. The van der Waals surface area contributed by atoms with E-state index in [9.17, 15) is 0 Å². The summed E-state index contributed by atoms with van der Waals surface area (Å²) in [5.41, 5.74) is 0. The fourth-order valence-electron chi connectivity index (χ4n) is 0.127. The Hall–Kier alpha value is 0.467. The average molecular weight is 122 g/mol. The second-order valence-electron chi connectivity index (χ2n) is 0.767. The highest BCUT2D eigenvalue weighted by Gasteiger charge is 1.74. The fraction of sp³-hybridized carbons (Fsp3) is 1.00. The molecule has 6 heavy (non-hydrogen) atoms. The highest BCUT2D eigenvalue weighted by Crippen LogP contribution is 1.79. The Morgan fingerprint density at radius 3 is 2.50 bits per heavy atom. The molecule has 0 rings (SSSR count). The van der Waals surface area contributed by atoms with Crippen molar-refractivity contribution < 1.29 is 4.74 Å². The van der Waals surface area contributed by atoms with Crippen LogP contribution in [0.15, 0.2) is 0 Å². The number of ether oxygens (including phenoxy) is 1. The molecule has 0 saturated carbocycles. The molecule has 0 bridgehead atoms. The minimum Gasteiger partial charge on any atom is -0.366 e. The Kier molecular flexibility index (Phi) is 5.89. The van der Waals surface area contributed by atoms with Crippen molar-refractivity contribution in [2.45, 2.75) is 6.04 Å². The van der Waals surface area contributed by atoms with Gasteiger partial charge in [-0.05, 0) is 6.04 Å². The van der Waals surface area contributed by atoms with Crippen LogP contribution in [0.2, 0.25) is 6.04 Å². The van der Waals surface area contributed by atoms with E-state index in [4.69, 9.17) is 16.3 Å². The zero-order valence-corrected chi connectivity index (χ0v) is 5.16. The molecular weight excluding hydrogens is 116 g/mol. The third kappa shape index (κ3) is 4.47. The van der Waals surface area contributed by atoms with Gasteiger partial charge in [-0.25, -0.2) is 0 Å². The second kappa shape index (κ2) is 5.47. The van der Waals surface area contributed by atoms with Crippen molar-refractivity contribution in [2.24, 2.45) is 0 Å². The van der Waals surface area contributed by atoms with Gasteiger partial charge in [0.25, 0.3) is 0 Å². The number of hydrogen-bond donors (Lipinski definition) is 0. The minimum atomic E-state index is 0.296. The lowest BCUT2D eigenvalue weighted by Gasteiger charge is -1.89. The van der Waals surface area contributed by atoms with Crippen LogP contribution >= 0.6 is 11.6 Å². The van der Waals surface area contributed by atoms with Gasteiger partial charge >= 0.3 is 0 Å². The maximum atomic E-state index is 5.14. The first-order valence-electron chi connectivity index (χ1n) is 1.70. The maximum absolute atomic E-state index is 5.14. The summed E-state index contributed by atoms with van der Waals surface area (Å²) < 4.78 is 4.70. The molecule has 0 aliphatic heterocycles. The van der Waals surface area contributed by atoms with Crippen LogP contribution in [-0.2, 0) is 4.74 Å². The summed E-state index contributed by atoms with van der Waals surface area (Å²) in [4.78, 5) is 0. The Balaban J connectivity index is 2.34. The lowest BCUT2D eigenvalue weighted by molar-refractivity contribution is 0.195. The first-order chi connectivity index (χ1) is 2.91. The van der Waals surface area contributed by atoms with Crippen LogP contribution in [0.3, 0.4) is 0 Å². The van der Waals surface area contributed by atoms with Crippen molar-refractivity contribution in [1.82, 2.24) is 0 Å². The van der Waals surface area contributed by atoms with Crippen molar-refractivity contribution in [3.63, 3.8) is 0 Å². The van der Waals surface area contributed by atoms with E-state index >= 15 is 0 Å². The summed E-state index contributed by atoms with van der Waals surface area (Å²) >= 11 is 5.14. The SMILES string of the molecule is [Si]CCOCCl. The van der Waals surface area contributed by atoms with Crippen LogP contribution in [0.1, 0.15) is 0 Å². The first-order valence-corrected chi connectivity index (χ1v) is 2.94. The molecule has 0 aromatic carbocycles. The lowest BCUT2D eigenvalue weighted by atomic mass is 10.9. The van der Waals surface area contributed by atoms with Crippen LogP contribution in [-0.4, -0.2) is 22.9 Å². The van der Waals surface area contributed by atoms with Gasteiger partial charge in [-0.2, -0.15) is 0 Å². The zero-order chi connectivity index (χ0) is 4.83. The average Bonchev–Trinajstić information content (AvgIpc) is 1.61. The summed E-state index contributed by atoms with van der Waals surface area (Å²) in [6.07, 6.45) is 0. The second-order valence-corrected chi connectivity index (χ2v) is 1.49. The van der Waals surface area contributed by atoms with E-state index in [-0.39, 0.29) is 0 Å². The Labute approximate surface area is 46.1 Å². The van der Waals surface area contributed by atoms with E-state index in [1.165, 1.54) is 0 Å². The van der Waals surface area contributed by atoms with Gasteiger partial charge in [-0.1, -0.05) is 11.6 Å². The molecule has 0 N–H and O–H groups in total. The topological polar surface area (TPSA) is 9.23 Å². The molecule has 0 fully saturated rings. The van der Waals surface area contributed by atoms with Crippen LogP contribution in [0.5, 0.6) is 0 Å². The van der Waals surface area contributed by atoms with Gasteiger partial charge in [0.15, 0.2) is 0 Å². The predicted molar refractivity (Wildman–Crippen MR) is 27.2 cm³/mol. The Morgan fingerprint density at radius 2 is 2.33 bits per heavy atom. The molecule has 35 valence electrons. The number of hydrogen-bond acceptors (Lipinski definition) is 1. The maximum Gasteiger partial charge on any atom is 0.120 e. The lowest BCUT2D eigenvalue weighted by Crippen LogP contribution is -1.88. The molecule has 0 unspecified atom stereocenters. The smallest absolute Gasteiger partial charge is 0.120 e. The number of halogens is 1. The molecule has 0 aromatic heterocycles. The summed E-state index contributed by atoms with van der Waals surface area (Å²) in [7, 11) is 3.21. The van der Waals surface area contributed by atoms with E-state index in [2.05, 4.69) is 10.2 Å². The van der Waals surface area contributed by atoms with Crippen molar-refractivity contribution in [3.05, 3.63) is 0 Å². The highest BCUT2D eigenvalue weighted by molar-refractivity contribution is 6.17. The van der Waals surface area contributed by atoms with Crippen LogP contribution in [0.4, 0.5) is 0 Å².